The smallest absolute Gasteiger partial charge is 0.0714 e. The molecule has 1 atom stereocenters. The third-order valence-corrected chi connectivity index (χ3v) is 16.1. The molecule has 2 heterocycles. The number of hydrogen-bond donors (Lipinski definition) is 0. The van der Waals surface area contributed by atoms with E-state index < -0.39 is 5.41 Å². The molecule has 2 aliphatic heterocycles. The molecular weight excluding hydrogens is 809 g/mol. The van der Waals surface area contributed by atoms with Gasteiger partial charge in [0, 0.05) is 52.2 Å². The maximum Gasteiger partial charge on any atom is 0.0714 e. The Kier molecular flexibility index (Phi) is 8.97. The molecule has 5 aliphatic rings. The normalized spacial score (nSPS) is 19.0. The number of allylic oxidation sites excluding steroid dienone is 5. The summed E-state index contributed by atoms with van der Waals surface area (Å²) in [6.45, 7) is 8.42. The van der Waals surface area contributed by atoms with E-state index in [1.165, 1.54) is 113 Å². The molecule has 0 spiro atoms. The van der Waals surface area contributed by atoms with Gasteiger partial charge in [0.25, 0.3) is 0 Å². The Morgan fingerprint density at radius 2 is 1.07 bits per heavy atom. The third-order valence-electron chi connectivity index (χ3n) is 16.1. The van der Waals surface area contributed by atoms with E-state index >= 15 is 0 Å². The molecule has 8 aromatic carbocycles. The first-order valence-corrected chi connectivity index (χ1v) is 24.3. The molecule has 0 fully saturated rings. The molecule has 0 bridgehead atoms. The fourth-order valence-corrected chi connectivity index (χ4v) is 13.0. The van der Waals surface area contributed by atoms with Crippen LogP contribution < -0.4 is 9.80 Å². The molecule has 2 heteroatoms. The van der Waals surface area contributed by atoms with Gasteiger partial charge in [-0.2, -0.15) is 0 Å². The number of anilines is 5. The van der Waals surface area contributed by atoms with Gasteiger partial charge in [-0.1, -0.05) is 185 Å². The molecular formula is C65H54N2. The Morgan fingerprint density at radius 3 is 1.78 bits per heavy atom. The maximum absolute atomic E-state index is 2.55. The van der Waals surface area contributed by atoms with Crippen molar-refractivity contribution in [3.05, 3.63) is 273 Å². The molecule has 0 saturated carbocycles. The van der Waals surface area contributed by atoms with E-state index in [-0.39, 0.29) is 10.8 Å². The summed E-state index contributed by atoms with van der Waals surface area (Å²) in [5, 5.41) is 0. The van der Waals surface area contributed by atoms with E-state index in [9.17, 15) is 0 Å². The second kappa shape index (κ2) is 15.1. The molecule has 8 aromatic rings. The van der Waals surface area contributed by atoms with Crippen molar-refractivity contribution in [2.45, 2.75) is 62.7 Å². The molecule has 13 rings (SSSR count). The van der Waals surface area contributed by atoms with Crippen molar-refractivity contribution in [1.29, 1.82) is 0 Å². The van der Waals surface area contributed by atoms with Crippen LogP contribution in [0.2, 0.25) is 0 Å². The van der Waals surface area contributed by atoms with Gasteiger partial charge in [-0.25, -0.2) is 0 Å². The van der Waals surface area contributed by atoms with Crippen LogP contribution in [0.1, 0.15) is 89.2 Å². The van der Waals surface area contributed by atoms with Gasteiger partial charge < -0.3 is 9.80 Å². The first-order valence-electron chi connectivity index (χ1n) is 24.3. The van der Waals surface area contributed by atoms with Crippen LogP contribution in [-0.4, -0.2) is 6.54 Å². The SMILES string of the molecule is CC1(C)C2=CC(/C=C/c3ccc4c(c3)C(c3ccccc3)(c3ccccc3)c3cc(N5c6ccccc6Cc6ccccc65)ccc3-4)=CCC2(C)c2ccc(N3CCCc4ccccc43)cc21. The number of benzene rings is 8. The lowest BCUT2D eigenvalue weighted by Crippen LogP contribution is -2.29. The van der Waals surface area contributed by atoms with Crippen LogP contribution in [-0.2, 0) is 29.1 Å². The second-order valence-corrected chi connectivity index (χ2v) is 20.2. The zero-order chi connectivity index (χ0) is 44.9. The van der Waals surface area contributed by atoms with Crippen molar-refractivity contribution < 1.29 is 0 Å². The molecule has 0 amide bonds. The second-order valence-electron chi connectivity index (χ2n) is 20.2. The summed E-state index contributed by atoms with van der Waals surface area (Å²) < 4.78 is 0. The number of fused-ring (bicyclic) bond motifs is 9. The van der Waals surface area contributed by atoms with Crippen LogP contribution in [0.3, 0.4) is 0 Å². The minimum Gasteiger partial charge on any atom is -0.341 e. The summed E-state index contributed by atoms with van der Waals surface area (Å²) >= 11 is 0. The fourth-order valence-electron chi connectivity index (χ4n) is 13.0. The number of para-hydroxylation sites is 3. The molecule has 0 radical (unpaired) electrons. The Labute approximate surface area is 395 Å². The molecule has 0 saturated heterocycles. The van der Waals surface area contributed by atoms with E-state index in [1.807, 2.05) is 0 Å². The Bertz CT molecular complexity index is 3300. The van der Waals surface area contributed by atoms with E-state index in [4.69, 9.17) is 0 Å². The lowest BCUT2D eigenvalue weighted by atomic mass is 9.67. The molecule has 0 N–H and O–H groups in total. The summed E-state index contributed by atoms with van der Waals surface area (Å²) in [5.41, 5.74) is 24.5. The number of rotatable bonds is 6. The molecule has 1 unspecified atom stereocenters. The summed E-state index contributed by atoms with van der Waals surface area (Å²) in [7, 11) is 0. The van der Waals surface area contributed by atoms with E-state index in [1.54, 1.807) is 0 Å². The lowest BCUT2D eigenvalue weighted by Gasteiger charge is -2.36. The van der Waals surface area contributed by atoms with Crippen molar-refractivity contribution in [1.82, 2.24) is 0 Å². The molecule has 0 aromatic heterocycles. The Balaban J connectivity index is 0.897. The van der Waals surface area contributed by atoms with Crippen LogP contribution in [0, 0.1) is 0 Å². The van der Waals surface area contributed by atoms with Crippen molar-refractivity contribution in [2.75, 3.05) is 16.3 Å². The van der Waals surface area contributed by atoms with Gasteiger partial charge in [0.15, 0.2) is 0 Å². The molecule has 324 valence electrons. The van der Waals surface area contributed by atoms with Gasteiger partial charge in [-0.3, -0.25) is 0 Å². The van der Waals surface area contributed by atoms with Crippen LogP contribution in [0.25, 0.3) is 17.2 Å². The Morgan fingerprint density at radius 1 is 0.493 bits per heavy atom. The first kappa shape index (κ1) is 39.9. The average molecular weight is 863 g/mol. The maximum atomic E-state index is 2.55. The van der Waals surface area contributed by atoms with E-state index in [0.29, 0.717) is 0 Å². The summed E-state index contributed by atoms with van der Waals surface area (Å²) in [5.74, 6) is 0. The number of nitrogens with zero attached hydrogens (tertiary/aromatic N) is 2. The molecule has 3 aliphatic carbocycles. The highest BCUT2D eigenvalue weighted by atomic mass is 15.2. The topological polar surface area (TPSA) is 6.48 Å². The van der Waals surface area contributed by atoms with Gasteiger partial charge in [0.1, 0.15) is 0 Å². The zero-order valence-electron chi connectivity index (χ0n) is 38.6. The standard InChI is InChI=1S/C65H54N2/c1-63(2)58-42-51(66-38-16-20-46-17-10-13-25-59(46)66)32-35-55(58)64(3)37-36-45(40-62(63)64)29-28-44-30-33-53-54-34-31-52(67-60-26-14-11-18-47(60)41-48-19-12-15-27-61(48)67)43-57(54)65(56(53)39-44,49-21-6-4-7-22-49)50-23-8-5-9-24-50/h4-15,17-19,21-36,39-40,42-43H,16,20,37-38,41H2,1-3H3/b29-28+. The fraction of sp³-hybridized carbons (Fsp3) is 0.169. The minimum absolute atomic E-state index is 0.0317. The van der Waals surface area contributed by atoms with Crippen LogP contribution in [0.15, 0.2) is 217 Å². The predicted molar refractivity (Wildman–Crippen MR) is 280 cm³/mol. The van der Waals surface area contributed by atoms with Crippen molar-refractivity contribution in [3.63, 3.8) is 0 Å². The third kappa shape index (κ3) is 5.95. The van der Waals surface area contributed by atoms with Crippen molar-refractivity contribution >= 4 is 34.5 Å². The van der Waals surface area contributed by atoms with Crippen LogP contribution in [0.4, 0.5) is 28.4 Å². The van der Waals surface area contributed by atoms with Crippen molar-refractivity contribution in [3.8, 4) is 11.1 Å². The summed E-state index contributed by atoms with van der Waals surface area (Å²) in [6.07, 6.45) is 13.9. The van der Waals surface area contributed by atoms with Crippen molar-refractivity contribution in [2.24, 2.45) is 0 Å². The zero-order valence-corrected chi connectivity index (χ0v) is 38.6. The highest BCUT2D eigenvalue weighted by Crippen LogP contribution is 2.60. The van der Waals surface area contributed by atoms with Gasteiger partial charge in [-0.05, 0) is 146 Å². The Hall–Kier alpha value is -7.42. The highest BCUT2D eigenvalue weighted by molar-refractivity contribution is 5.91. The highest BCUT2D eigenvalue weighted by Gasteiger charge is 2.50. The largest absolute Gasteiger partial charge is 0.341 e. The first-order chi connectivity index (χ1) is 32.8. The van der Waals surface area contributed by atoms with Gasteiger partial charge in [-0.15, -0.1) is 0 Å². The number of aryl methyl sites for hydroxylation is 1. The predicted octanol–water partition coefficient (Wildman–Crippen LogP) is 16.0. The lowest BCUT2D eigenvalue weighted by molar-refractivity contribution is 0.510. The molecule has 2 nitrogen and oxygen atoms in total. The minimum atomic E-state index is -0.537. The van der Waals surface area contributed by atoms with Gasteiger partial charge in [0.2, 0.25) is 0 Å². The average Bonchev–Trinajstić information content (AvgIpc) is 3.76. The van der Waals surface area contributed by atoms with Crippen LogP contribution in [0.5, 0.6) is 0 Å². The summed E-state index contributed by atoms with van der Waals surface area (Å²) in [6, 6.07) is 71.0. The number of hydrogen-bond acceptors (Lipinski definition) is 2. The summed E-state index contributed by atoms with van der Waals surface area (Å²) in [4.78, 5) is 5.03. The van der Waals surface area contributed by atoms with Gasteiger partial charge >= 0.3 is 0 Å². The van der Waals surface area contributed by atoms with E-state index in [2.05, 4.69) is 243 Å². The molecule has 67 heavy (non-hydrogen) atoms. The van der Waals surface area contributed by atoms with Crippen LogP contribution >= 0.6 is 0 Å². The monoisotopic (exact) mass is 862 g/mol. The van der Waals surface area contributed by atoms with Gasteiger partial charge in [0.05, 0.1) is 5.41 Å². The van der Waals surface area contributed by atoms with E-state index in [0.717, 1.165) is 25.8 Å². The quantitative estimate of drug-likeness (QED) is 0.164.